The average Bonchev–Trinajstić information content (AvgIpc) is 3.18. The van der Waals surface area contributed by atoms with Crippen molar-refractivity contribution in [2.45, 2.75) is 83.3 Å². The van der Waals surface area contributed by atoms with Crippen LogP contribution in [0.3, 0.4) is 0 Å². The standard InChI is InChI=1S/C37H46N4O7.C4H10NO3/c1-24(2)20-29(35(44)41-32(25(3)4)36(45)46)38-33(42)30(21-26-14-8-5-9-15-26)39-34(43)31(22-27-16-10-6-11-17-27)40-37(47)48-23-28-18-12-7-13-19-28;5-4(1-6,2-7)3-8/h5-19,24-25,29-32H,20-23H2,1-4H3,(H,38,42)(H,39,43)(H,40,47)(H,41,44)(H,45,46);5-8H,1-3H2/q;-1/t29-,30-,31-,32-;/m0./s1. The number of aliphatic carboxylic acids is 1. The molecule has 3 rings (SSSR count). The molecule has 0 saturated heterocycles. The predicted octanol–water partition coefficient (Wildman–Crippen LogP) is 2.76. The molecule has 0 bridgehead atoms. The average molecular weight is 779 g/mol. The summed E-state index contributed by atoms with van der Waals surface area (Å²) in [7, 11) is 0. The lowest BCUT2D eigenvalue weighted by atomic mass is 9.99. The predicted molar refractivity (Wildman–Crippen MR) is 210 cm³/mol. The Balaban J connectivity index is 0.00000122. The summed E-state index contributed by atoms with van der Waals surface area (Å²) in [6.07, 6.45) is -0.351. The van der Waals surface area contributed by atoms with Crippen LogP contribution in [0.2, 0.25) is 0 Å². The monoisotopic (exact) mass is 778 g/mol. The van der Waals surface area contributed by atoms with Gasteiger partial charge in [-0.05, 0) is 34.9 Å². The number of aliphatic hydroxyl groups excluding tert-OH is 3. The summed E-state index contributed by atoms with van der Waals surface area (Å²) >= 11 is 0. The molecule has 9 N–H and O–H groups in total. The van der Waals surface area contributed by atoms with E-state index in [2.05, 4.69) is 21.3 Å². The van der Waals surface area contributed by atoms with E-state index in [9.17, 15) is 29.1 Å². The molecular weight excluding hydrogens is 722 g/mol. The lowest BCUT2D eigenvalue weighted by Gasteiger charge is -2.31. The number of hydrogen-bond donors (Lipinski definition) is 8. The number of rotatable bonds is 20. The van der Waals surface area contributed by atoms with Gasteiger partial charge in [-0.3, -0.25) is 14.4 Å². The minimum Gasteiger partial charge on any atom is -0.666 e. The minimum absolute atomic E-state index is 0.00420. The molecule has 4 amide bonds. The Morgan fingerprint density at radius 3 is 1.38 bits per heavy atom. The van der Waals surface area contributed by atoms with Gasteiger partial charge in [0.1, 0.15) is 30.8 Å². The fraction of sp³-hybridized carbons (Fsp3) is 0.439. The van der Waals surface area contributed by atoms with Crippen molar-refractivity contribution < 1.29 is 49.1 Å². The number of carbonyl (C=O) groups is 5. The molecule has 15 heteroatoms. The van der Waals surface area contributed by atoms with Gasteiger partial charge < -0.3 is 52.2 Å². The molecular formula is C41H56N5O10-. The summed E-state index contributed by atoms with van der Waals surface area (Å²) in [5.74, 6) is -3.47. The molecule has 3 aromatic rings. The third kappa shape index (κ3) is 17.0. The zero-order valence-electron chi connectivity index (χ0n) is 32.3. The van der Waals surface area contributed by atoms with Gasteiger partial charge in [0.05, 0.1) is 0 Å². The molecule has 3 aromatic carbocycles. The van der Waals surface area contributed by atoms with E-state index in [0.717, 1.165) is 16.7 Å². The molecule has 0 aromatic heterocycles. The van der Waals surface area contributed by atoms with Crippen LogP contribution in [0.25, 0.3) is 5.73 Å². The van der Waals surface area contributed by atoms with E-state index >= 15 is 0 Å². The second kappa shape index (κ2) is 24.2. The fourth-order valence-electron chi connectivity index (χ4n) is 5.19. The van der Waals surface area contributed by atoms with Crippen LogP contribution in [0.1, 0.15) is 50.8 Å². The summed E-state index contributed by atoms with van der Waals surface area (Å²) in [5, 5.41) is 45.2. The van der Waals surface area contributed by atoms with Crippen LogP contribution in [0.5, 0.6) is 0 Å². The van der Waals surface area contributed by atoms with Gasteiger partial charge >= 0.3 is 12.1 Å². The normalized spacial score (nSPS) is 13.2. The van der Waals surface area contributed by atoms with Gasteiger partial charge in [-0.1, -0.05) is 124 Å². The highest BCUT2D eigenvalue weighted by atomic mass is 16.5. The van der Waals surface area contributed by atoms with E-state index in [4.69, 9.17) is 25.8 Å². The Labute approximate surface area is 328 Å². The van der Waals surface area contributed by atoms with Gasteiger partial charge in [0.15, 0.2) is 0 Å². The largest absolute Gasteiger partial charge is 0.666 e. The second-order valence-electron chi connectivity index (χ2n) is 14.2. The van der Waals surface area contributed by atoms with E-state index in [1.54, 1.807) is 13.8 Å². The summed E-state index contributed by atoms with van der Waals surface area (Å²) in [6, 6.07) is 22.9. The van der Waals surface area contributed by atoms with Crippen LogP contribution in [0.15, 0.2) is 91.0 Å². The highest BCUT2D eigenvalue weighted by molar-refractivity contribution is 5.95. The SMILES string of the molecule is CC(C)C[C@H](NC(=O)[C@H](Cc1ccccc1)NC(=O)[C@H](Cc1ccccc1)NC(=O)OCc1ccccc1)C(=O)N[C@H](C(=O)O)C(C)C.[NH-]C(CO)(CO)CO. The third-order valence-electron chi connectivity index (χ3n) is 8.50. The zero-order valence-corrected chi connectivity index (χ0v) is 32.3. The van der Waals surface area contributed by atoms with Crippen LogP contribution in [0.4, 0.5) is 4.79 Å². The van der Waals surface area contributed by atoms with E-state index in [1.807, 2.05) is 105 Å². The number of benzene rings is 3. The molecule has 306 valence electrons. The van der Waals surface area contributed by atoms with Gasteiger partial charge in [0.25, 0.3) is 0 Å². The Kier molecular flexibility index (Phi) is 20.2. The van der Waals surface area contributed by atoms with Crippen molar-refractivity contribution in [2.75, 3.05) is 19.8 Å². The van der Waals surface area contributed by atoms with Crippen molar-refractivity contribution in [1.82, 2.24) is 21.3 Å². The first-order valence-corrected chi connectivity index (χ1v) is 18.4. The number of nitrogens with one attached hydrogen (secondary N) is 5. The van der Waals surface area contributed by atoms with Gasteiger partial charge in [0, 0.05) is 32.7 Å². The van der Waals surface area contributed by atoms with Gasteiger partial charge in [-0.2, -0.15) is 0 Å². The van der Waals surface area contributed by atoms with Crippen molar-refractivity contribution in [3.63, 3.8) is 0 Å². The van der Waals surface area contributed by atoms with Crippen LogP contribution < -0.4 is 21.3 Å². The van der Waals surface area contributed by atoms with Crippen molar-refractivity contribution in [2.24, 2.45) is 11.8 Å². The molecule has 0 heterocycles. The number of amides is 4. The molecule has 0 radical (unpaired) electrons. The minimum atomic E-state index is -1.46. The summed E-state index contributed by atoms with van der Waals surface area (Å²) in [6.45, 7) is 5.58. The molecule has 0 aliphatic heterocycles. The van der Waals surface area contributed by atoms with Gasteiger partial charge in [-0.15, -0.1) is 0 Å². The lowest BCUT2D eigenvalue weighted by Crippen LogP contribution is -2.59. The number of hydrogen-bond acceptors (Lipinski definition) is 9. The number of ether oxygens (including phenoxy) is 1. The topological polar surface area (TPSA) is 247 Å². The number of alkyl carbamates (subject to hydrolysis) is 1. The van der Waals surface area contributed by atoms with Crippen LogP contribution in [0, 0.1) is 11.8 Å². The van der Waals surface area contributed by atoms with E-state index in [-0.39, 0.29) is 37.7 Å². The number of carbonyl (C=O) groups excluding carboxylic acids is 4. The molecule has 0 fully saturated rings. The first-order chi connectivity index (χ1) is 26.6. The van der Waals surface area contributed by atoms with Crippen LogP contribution in [-0.4, -0.2) is 99.7 Å². The molecule has 0 aliphatic carbocycles. The van der Waals surface area contributed by atoms with E-state index in [0.29, 0.717) is 0 Å². The van der Waals surface area contributed by atoms with Crippen molar-refractivity contribution in [3.8, 4) is 0 Å². The quantitative estimate of drug-likeness (QED) is 0.0833. The van der Waals surface area contributed by atoms with Crippen LogP contribution in [-0.2, 0) is 43.4 Å². The number of aliphatic hydroxyl groups is 3. The smallest absolute Gasteiger partial charge is 0.408 e. The van der Waals surface area contributed by atoms with E-state index in [1.165, 1.54) is 0 Å². The highest BCUT2D eigenvalue weighted by Crippen LogP contribution is 2.12. The summed E-state index contributed by atoms with van der Waals surface area (Å²) < 4.78 is 5.38. The Morgan fingerprint density at radius 2 is 1.00 bits per heavy atom. The molecule has 4 atom stereocenters. The number of carboxylic acid groups (broad SMARTS) is 1. The fourth-order valence-corrected chi connectivity index (χ4v) is 5.19. The second-order valence-corrected chi connectivity index (χ2v) is 14.2. The third-order valence-corrected chi connectivity index (χ3v) is 8.50. The van der Waals surface area contributed by atoms with Crippen molar-refractivity contribution >= 4 is 29.8 Å². The maximum Gasteiger partial charge on any atom is 0.408 e. The Bertz CT molecular complexity index is 1630. The lowest BCUT2D eigenvalue weighted by molar-refractivity contribution is -0.143. The zero-order chi connectivity index (χ0) is 41.7. The molecule has 0 unspecified atom stereocenters. The maximum absolute atomic E-state index is 13.9. The van der Waals surface area contributed by atoms with Crippen LogP contribution >= 0.6 is 0 Å². The van der Waals surface area contributed by atoms with Gasteiger partial charge in [0.2, 0.25) is 17.7 Å². The first-order valence-electron chi connectivity index (χ1n) is 18.4. The number of carboxylic acids is 1. The first kappa shape index (κ1) is 46.8. The summed E-state index contributed by atoms with van der Waals surface area (Å²) in [5.41, 5.74) is 7.76. The van der Waals surface area contributed by atoms with E-state index < -0.39 is 79.3 Å². The molecule has 56 heavy (non-hydrogen) atoms. The molecule has 0 spiro atoms. The van der Waals surface area contributed by atoms with Crippen molar-refractivity contribution in [1.29, 1.82) is 0 Å². The Hall–Kier alpha value is -5.35. The summed E-state index contributed by atoms with van der Waals surface area (Å²) in [4.78, 5) is 65.6. The Morgan fingerprint density at radius 1 is 0.607 bits per heavy atom. The highest BCUT2D eigenvalue weighted by Gasteiger charge is 2.33. The molecule has 15 nitrogen and oxygen atoms in total. The maximum atomic E-state index is 13.9. The van der Waals surface area contributed by atoms with Gasteiger partial charge in [-0.25, -0.2) is 9.59 Å². The van der Waals surface area contributed by atoms with Crippen molar-refractivity contribution in [3.05, 3.63) is 113 Å². The molecule has 0 aliphatic rings. The molecule has 0 saturated carbocycles.